The first kappa shape index (κ1) is 13.1. The second kappa shape index (κ2) is 6.58. The maximum absolute atomic E-state index is 5.65. The van der Waals surface area contributed by atoms with Crippen LogP contribution in [0, 0.1) is 0 Å². The summed E-state index contributed by atoms with van der Waals surface area (Å²) in [6.07, 6.45) is 3.84. The van der Waals surface area contributed by atoms with Gasteiger partial charge < -0.3 is 16.4 Å². The van der Waals surface area contributed by atoms with Gasteiger partial charge in [0.2, 0.25) is 0 Å². The molecule has 1 heterocycles. The zero-order valence-electron chi connectivity index (χ0n) is 11.1. The van der Waals surface area contributed by atoms with Crippen molar-refractivity contribution in [2.75, 3.05) is 22.9 Å². The van der Waals surface area contributed by atoms with Crippen LogP contribution in [0.5, 0.6) is 0 Å². The molecule has 0 atom stereocenters. The molecular weight excluding hydrogens is 238 g/mol. The normalized spacial score (nSPS) is 10.2. The molecule has 0 spiro atoms. The van der Waals surface area contributed by atoms with E-state index in [1.165, 1.54) is 0 Å². The van der Waals surface area contributed by atoms with Crippen LogP contribution in [-0.2, 0) is 0 Å². The van der Waals surface area contributed by atoms with Crippen LogP contribution < -0.4 is 16.4 Å². The SMILES string of the molecule is CCCCNc1cc(Nc2ccc(N)cc2)ncn1. The highest BCUT2D eigenvalue weighted by atomic mass is 15.1. The highest BCUT2D eigenvalue weighted by molar-refractivity contribution is 5.60. The molecule has 0 aliphatic carbocycles. The summed E-state index contributed by atoms with van der Waals surface area (Å²) in [7, 11) is 0. The van der Waals surface area contributed by atoms with Crippen LogP contribution in [0.1, 0.15) is 19.8 Å². The van der Waals surface area contributed by atoms with Gasteiger partial charge in [-0.05, 0) is 30.7 Å². The number of hydrogen-bond donors (Lipinski definition) is 3. The molecule has 4 N–H and O–H groups in total. The van der Waals surface area contributed by atoms with Crippen LogP contribution in [0.3, 0.4) is 0 Å². The second-order valence-electron chi connectivity index (χ2n) is 4.32. The molecule has 0 bridgehead atoms. The minimum atomic E-state index is 0.746. The van der Waals surface area contributed by atoms with Gasteiger partial charge in [0.1, 0.15) is 18.0 Å². The fourth-order valence-corrected chi connectivity index (χ4v) is 1.63. The molecule has 5 nitrogen and oxygen atoms in total. The summed E-state index contributed by atoms with van der Waals surface area (Å²) < 4.78 is 0. The van der Waals surface area contributed by atoms with Crippen molar-refractivity contribution in [3.63, 3.8) is 0 Å². The Morgan fingerprint density at radius 1 is 1.11 bits per heavy atom. The van der Waals surface area contributed by atoms with Crippen molar-refractivity contribution in [1.82, 2.24) is 9.97 Å². The van der Waals surface area contributed by atoms with E-state index < -0.39 is 0 Å². The van der Waals surface area contributed by atoms with E-state index >= 15 is 0 Å². The third-order valence-corrected chi connectivity index (χ3v) is 2.69. The minimum Gasteiger partial charge on any atom is -0.399 e. The predicted molar refractivity (Wildman–Crippen MR) is 79.6 cm³/mol. The summed E-state index contributed by atoms with van der Waals surface area (Å²) in [4.78, 5) is 8.38. The summed E-state index contributed by atoms with van der Waals surface area (Å²) in [6, 6.07) is 9.43. The summed E-state index contributed by atoms with van der Waals surface area (Å²) in [6.45, 7) is 3.09. The van der Waals surface area contributed by atoms with Gasteiger partial charge in [0.05, 0.1) is 0 Å². The monoisotopic (exact) mass is 257 g/mol. The molecule has 0 amide bonds. The lowest BCUT2D eigenvalue weighted by Crippen LogP contribution is -2.04. The van der Waals surface area contributed by atoms with Crippen LogP contribution >= 0.6 is 0 Å². The lowest BCUT2D eigenvalue weighted by molar-refractivity contribution is 0.830. The van der Waals surface area contributed by atoms with Gasteiger partial charge in [0.15, 0.2) is 0 Å². The lowest BCUT2D eigenvalue weighted by atomic mass is 10.3. The zero-order valence-corrected chi connectivity index (χ0v) is 11.1. The summed E-state index contributed by atoms with van der Waals surface area (Å²) in [5.41, 5.74) is 7.35. The largest absolute Gasteiger partial charge is 0.399 e. The van der Waals surface area contributed by atoms with Gasteiger partial charge in [-0.2, -0.15) is 0 Å². The van der Waals surface area contributed by atoms with Crippen LogP contribution in [-0.4, -0.2) is 16.5 Å². The third-order valence-electron chi connectivity index (χ3n) is 2.69. The molecule has 2 rings (SSSR count). The number of benzene rings is 1. The Bertz CT molecular complexity index is 509. The highest BCUT2D eigenvalue weighted by Crippen LogP contribution is 2.17. The van der Waals surface area contributed by atoms with E-state index in [0.717, 1.165) is 42.4 Å². The number of rotatable bonds is 6. The van der Waals surface area contributed by atoms with Crippen LogP contribution in [0.25, 0.3) is 0 Å². The quantitative estimate of drug-likeness (QED) is 0.548. The molecule has 0 aliphatic heterocycles. The molecule has 100 valence electrons. The third kappa shape index (κ3) is 4.13. The Kier molecular flexibility index (Phi) is 4.55. The molecule has 2 aromatic rings. The van der Waals surface area contributed by atoms with Crippen molar-refractivity contribution in [3.8, 4) is 0 Å². The average molecular weight is 257 g/mol. The van der Waals surface area contributed by atoms with E-state index in [1.54, 1.807) is 6.33 Å². The van der Waals surface area contributed by atoms with Gasteiger partial charge in [0.25, 0.3) is 0 Å². The molecular formula is C14H19N5. The number of aromatic nitrogens is 2. The van der Waals surface area contributed by atoms with E-state index in [-0.39, 0.29) is 0 Å². The van der Waals surface area contributed by atoms with E-state index in [1.807, 2.05) is 30.3 Å². The van der Waals surface area contributed by atoms with Crippen LogP contribution in [0.4, 0.5) is 23.0 Å². The first-order valence-corrected chi connectivity index (χ1v) is 6.46. The number of nitrogens with zero attached hydrogens (tertiary/aromatic N) is 2. The number of nitrogen functional groups attached to an aromatic ring is 1. The minimum absolute atomic E-state index is 0.746. The molecule has 1 aromatic carbocycles. The van der Waals surface area contributed by atoms with Gasteiger partial charge in [-0.3, -0.25) is 0 Å². The van der Waals surface area contributed by atoms with Crippen molar-refractivity contribution < 1.29 is 0 Å². The molecule has 0 radical (unpaired) electrons. The average Bonchev–Trinajstić information content (AvgIpc) is 2.42. The molecule has 0 fully saturated rings. The van der Waals surface area contributed by atoms with E-state index in [0.29, 0.717) is 0 Å². The first-order valence-electron chi connectivity index (χ1n) is 6.46. The first-order chi connectivity index (χ1) is 9.28. The van der Waals surface area contributed by atoms with E-state index in [9.17, 15) is 0 Å². The van der Waals surface area contributed by atoms with Crippen LogP contribution in [0.2, 0.25) is 0 Å². The van der Waals surface area contributed by atoms with Crippen molar-refractivity contribution in [3.05, 3.63) is 36.7 Å². The van der Waals surface area contributed by atoms with E-state index in [4.69, 9.17) is 5.73 Å². The highest BCUT2D eigenvalue weighted by Gasteiger charge is 1.99. The Balaban J connectivity index is 2.00. The summed E-state index contributed by atoms with van der Waals surface area (Å²) >= 11 is 0. The lowest BCUT2D eigenvalue weighted by Gasteiger charge is -2.08. The number of nitrogens with one attached hydrogen (secondary N) is 2. The standard InChI is InChI=1S/C14H19N5/c1-2-3-8-16-13-9-14(18-10-17-13)19-12-6-4-11(15)5-7-12/h4-7,9-10H,2-3,8,15H2,1H3,(H2,16,17,18,19). The molecule has 0 aliphatic rings. The van der Waals surface area contributed by atoms with Gasteiger partial charge in [-0.1, -0.05) is 13.3 Å². The van der Waals surface area contributed by atoms with Gasteiger partial charge in [-0.15, -0.1) is 0 Å². The van der Waals surface area contributed by atoms with Gasteiger partial charge in [0, 0.05) is 24.0 Å². The zero-order chi connectivity index (χ0) is 13.5. The smallest absolute Gasteiger partial charge is 0.135 e. The molecule has 0 unspecified atom stereocenters. The summed E-state index contributed by atoms with van der Waals surface area (Å²) in [5.74, 6) is 1.60. The Morgan fingerprint density at radius 2 is 1.84 bits per heavy atom. The van der Waals surface area contributed by atoms with Gasteiger partial charge >= 0.3 is 0 Å². The van der Waals surface area contributed by atoms with Crippen molar-refractivity contribution in [1.29, 1.82) is 0 Å². The number of hydrogen-bond acceptors (Lipinski definition) is 5. The van der Waals surface area contributed by atoms with Crippen molar-refractivity contribution >= 4 is 23.0 Å². The predicted octanol–water partition coefficient (Wildman–Crippen LogP) is 3.01. The van der Waals surface area contributed by atoms with Crippen molar-refractivity contribution in [2.24, 2.45) is 0 Å². The maximum Gasteiger partial charge on any atom is 0.135 e. The molecule has 0 saturated carbocycles. The fourth-order valence-electron chi connectivity index (χ4n) is 1.63. The maximum atomic E-state index is 5.65. The van der Waals surface area contributed by atoms with Crippen LogP contribution in [0.15, 0.2) is 36.7 Å². The molecule has 1 aromatic heterocycles. The number of anilines is 4. The number of nitrogens with two attached hydrogens (primary N) is 1. The molecule has 5 heteroatoms. The van der Waals surface area contributed by atoms with Crippen molar-refractivity contribution in [2.45, 2.75) is 19.8 Å². The second-order valence-corrected chi connectivity index (χ2v) is 4.32. The van der Waals surface area contributed by atoms with E-state index in [2.05, 4.69) is 27.5 Å². The Labute approximate surface area is 113 Å². The number of unbranched alkanes of at least 4 members (excludes halogenated alkanes) is 1. The molecule has 0 saturated heterocycles. The summed E-state index contributed by atoms with van der Waals surface area (Å²) in [5, 5.41) is 6.49. The fraction of sp³-hybridized carbons (Fsp3) is 0.286. The Hall–Kier alpha value is -2.30. The van der Waals surface area contributed by atoms with Gasteiger partial charge in [-0.25, -0.2) is 9.97 Å². The Morgan fingerprint density at radius 3 is 2.58 bits per heavy atom. The molecule has 19 heavy (non-hydrogen) atoms. The topological polar surface area (TPSA) is 75.9 Å².